The van der Waals surface area contributed by atoms with Crippen LogP contribution in [0.25, 0.3) is 156 Å². The maximum atomic E-state index is 16.9. The molecule has 0 unspecified atom stereocenters. The van der Waals surface area contributed by atoms with Gasteiger partial charge in [0, 0.05) is 90.8 Å². The number of hydrogen-bond acceptors (Lipinski definition) is 5. The summed E-state index contributed by atoms with van der Waals surface area (Å²) in [4.78, 5) is 19.4. The second-order valence-corrected chi connectivity index (χ2v) is 22.6. The molecule has 12 heteroatoms. The minimum Gasteiger partial charge on any atom is -0.308 e. The van der Waals surface area contributed by atoms with E-state index in [-0.39, 0.29) is 22.5 Å². The molecule has 0 saturated heterocycles. The average Bonchev–Trinajstić information content (AvgIpc) is 1.59. The number of aromatic nitrogens is 6. The highest BCUT2D eigenvalue weighted by Gasteiger charge is 2.31. The standard InChI is InChI=1S/C81H46F5N7/c82-73-72(74(83)76(85)77(86)75(73)84)56-45-70(92-66-33-29-52(57-25-13-37-88-78(57)48-17-5-1-6-18-48)41-61(66)62-42-53(30-34-67(62)92)58-26-14-38-89-79(58)49-19-7-2-8-20-49)65(47-87)71(46-56)93-68-35-31-54(59-27-15-39-90-80(59)50-21-9-3-10-22-50)43-63(68)64-44-55(32-36-69(64)93)60-28-16-40-91-81(60)51-23-11-4-12-24-51/h1-46H. The van der Waals surface area contributed by atoms with Crippen molar-refractivity contribution in [3.8, 4) is 118 Å². The maximum Gasteiger partial charge on any atom is 0.200 e. The first-order chi connectivity index (χ1) is 45.7. The molecular formula is C81H46F5N7. The zero-order valence-corrected chi connectivity index (χ0v) is 49.1. The molecule has 0 spiro atoms. The van der Waals surface area contributed by atoms with Gasteiger partial charge in [0.15, 0.2) is 23.3 Å². The highest BCUT2D eigenvalue weighted by molar-refractivity contribution is 6.14. The van der Waals surface area contributed by atoms with Crippen LogP contribution in [0, 0.1) is 40.4 Å². The lowest BCUT2D eigenvalue weighted by molar-refractivity contribution is 0.381. The van der Waals surface area contributed by atoms with Gasteiger partial charge in [-0.15, -0.1) is 0 Å². The number of pyridine rings is 4. The van der Waals surface area contributed by atoms with E-state index in [1.807, 2.05) is 228 Å². The summed E-state index contributed by atoms with van der Waals surface area (Å²) in [6.45, 7) is 0. The van der Waals surface area contributed by atoms with Gasteiger partial charge in [-0.05, 0) is 113 Å². The molecule has 0 aliphatic heterocycles. The molecule has 6 aromatic heterocycles. The summed E-state index contributed by atoms with van der Waals surface area (Å²) in [6.07, 6.45) is 7.00. The smallest absolute Gasteiger partial charge is 0.200 e. The van der Waals surface area contributed by atoms with Crippen LogP contribution in [0.2, 0.25) is 0 Å². The summed E-state index contributed by atoms with van der Waals surface area (Å²) < 4.78 is 84.3. The summed E-state index contributed by atoms with van der Waals surface area (Å²) >= 11 is 0. The van der Waals surface area contributed by atoms with Gasteiger partial charge in [-0.1, -0.05) is 170 Å². The fourth-order valence-electron chi connectivity index (χ4n) is 13.2. The first-order valence-electron chi connectivity index (χ1n) is 30.0. The van der Waals surface area contributed by atoms with Crippen molar-refractivity contribution in [1.29, 1.82) is 5.26 Å². The van der Waals surface area contributed by atoms with Crippen LogP contribution in [-0.2, 0) is 0 Å². The summed E-state index contributed by atoms with van der Waals surface area (Å²) in [5.41, 5.74) is 14.1. The van der Waals surface area contributed by atoms with Crippen LogP contribution in [0.3, 0.4) is 0 Å². The molecule has 0 aliphatic rings. The third-order valence-electron chi connectivity index (χ3n) is 17.4. The number of nitriles is 1. The zero-order chi connectivity index (χ0) is 62.8. The predicted octanol–water partition coefficient (Wildman–Crippen LogP) is 21.0. The lowest BCUT2D eigenvalue weighted by Gasteiger charge is -2.19. The highest BCUT2D eigenvalue weighted by atomic mass is 19.2. The number of rotatable bonds is 11. The van der Waals surface area contributed by atoms with Crippen LogP contribution in [0.5, 0.6) is 0 Å². The quantitative estimate of drug-likeness (QED) is 0.0732. The minimum atomic E-state index is -2.30. The topological polar surface area (TPSA) is 85.2 Å². The molecule has 0 fully saturated rings. The van der Waals surface area contributed by atoms with Crippen molar-refractivity contribution in [1.82, 2.24) is 29.1 Å². The number of fused-ring (bicyclic) bond motifs is 6. The molecule has 16 aromatic rings. The number of nitrogens with zero attached hydrogens (tertiary/aromatic N) is 7. The normalized spacial score (nSPS) is 11.5. The molecule has 0 saturated carbocycles. The fraction of sp³-hybridized carbons (Fsp3) is 0. The van der Waals surface area contributed by atoms with Crippen molar-refractivity contribution in [2.75, 3.05) is 0 Å². The van der Waals surface area contributed by atoms with Crippen molar-refractivity contribution in [2.24, 2.45) is 0 Å². The third kappa shape index (κ3) is 9.40. The van der Waals surface area contributed by atoms with Crippen molar-refractivity contribution in [3.63, 3.8) is 0 Å². The molecule has 440 valence electrons. The van der Waals surface area contributed by atoms with Crippen LogP contribution in [0.4, 0.5) is 22.0 Å². The first kappa shape index (κ1) is 55.8. The number of hydrogen-bond donors (Lipinski definition) is 0. The molecule has 93 heavy (non-hydrogen) atoms. The molecule has 0 N–H and O–H groups in total. The molecule has 0 bridgehead atoms. The Labute approximate surface area is 529 Å². The third-order valence-corrected chi connectivity index (χ3v) is 17.4. The predicted molar refractivity (Wildman–Crippen MR) is 360 cm³/mol. The SMILES string of the molecule is N#Cc1c(-n2c3ccc(-c4cccnc4-c4ccccc4)cc3c3cc(-c4cccnc4-c4ccccc4)ccc32)cc(-c2c(F)c(F)c(F)c(F)c2F)cc1-n1c2ccc(-c3cccnc3-c3ccccc3)cc2c2cc(-c3cccnc3-c3ccccc3)ccc21. The maximum absolute atomic E-state index is 16.9. The van der Waals surface area contributed by atoms with E-state index in [9.17, 15) is 5.26 Å². The van der Waals surface area contributed by atoms with Gasteiger partial charge in [-0.25, -0.2) is 22.0 Å². The second kappa shape index (κ2) is 22.8. The van der Waals surface area contributed by atoms with Crippen LogP contribution < -0.4 is 0 Å². The van der Waals surface area contributed by atoms with Gasteiger partial charge in [0.05, 0.1) is 61.8 Å². The van der Waals surface area contributed by atoms with Gasteiger partial charge in [0.2, 0.25) is 5.82 Å². The largest absolute Gasteiger partial charge is 0.308 e. The average molecular weight is 1210 g/mol. The van der Waals surface area contributed by atoms with Gasteiger partial charge in [0.25, 0.3) is 0 Å². The number of benzene rings is 10. The van der Waals surface area contributed by atoms with E-state index in [4.69, 9.17) is 19.9 Å². The zero-order valence-electron chi connectivity index (χ0n) is 49.1. The van der Waals surface area contributed by atoms with Crippen LogP contribution in [0.1, 0.15) is 5.56 Å². The van der Waals surface area contributed by atoms with Crippen molar-refractivity contribution in [2.45, 2.75) is 0 Å². The van der Waals surface area contributed by atoms with E-state index in [0.717, 1.165) is 111 Å². The Morgan fingerprint density at radius 2 is 0.538 bits per heavy atom. The van der Waals surface area contributed by atoms with E-state index < -0.39 is 34.6 Å². The van der Waals surface area contributed by atoms with Gasteiger partial charge in [-0.3, -0.25) is 19.9 Å². The Hall–Kier alpha value is -12.5. The highest BCUT2D eigenvalue weighted by Crippen LogP contribution is 2.47. The van der Waals surface area contributed by atoms with Gasteiger partial charge in [0.1, 0.15) is 11.6 Å². The summed E-state index contributed by atoms with van der Waals surface area (Å²) in [7, 11) is 0. The molecule has 0 radical (unpaired) electrons. The summed E-state index contributed by atoms with van der Waals surface area (Å²) in [5.74, 6) is -10.6. The Bertz CT molecular complexity index is 5090. The van der Waals surface area contributed by atoms with Crippen LogP contribution in [-0.4, -0.2) is 29.1 Å². The van der Waals surface area contributed by atoms with Crippen molar-refractivity contribution in [3.05, 3.63) is 314 Å². The Morgan fingerprint density at radius 1 is 0.269 bits per heavy atom. The van der Waals surface area contributed by atoms with Crippen molar-refractivity contribution < 1.29 is 22.0 Å². The van der Waals surface area contributed by atoms with Crippen molar-refractivity contribution >= 4 is 43.6 Å². The second-order valence-electron chi connectivity index (χ2n) is 22.6. The molecule has 0 aliphatic carbocycles. The molecule has 7 nitrogen and oxygen atoms in total. The lowest BCUT2D eigenvalue weighted by atomic mass is 9.96. The molecular weight excluding hydrogens is 1170 g/mol. The molecule has 6 heterocycles. The van der Waals surface area contributed by atoms with Gasteiger partial charge in [-0.2, -0.15) is 5.26 Å². The van der Waals surface area contributed by atoms with E-state index in [1.54, 1.807) is 24.8 Å². The summed E-state index contributed by atoms with van der Waals surface area (Å²) in [5, 5.41) is 15.0. The molecule has 10 aromatic carbocycles. The fourth-order valence-corrected chi connectivity index (χ4v) is 13.2. The molecule has 0 atom stereocenters. The lowest BCUT2D eigenvalue weighted by Crippen LogP contribution is -2.08. The molecule has 0 amide bonds. The Kier molecular flexibility index (Phi) is 13.7. The number of halogens is 5. The van der Waals surface area contributed by atoms with Crippen LogP contribution in [0.15, 0.2) is 280 Å². The Morgan fingerprint density at radius 3 is 0.806 bits per heavy atom. The van der Waals surface area contributed by atoms with E-state index >= 15 is 22.0 Å². The first-order valence-corrected chi connectivity index (χ1v) is 30.0. The minimum absolute atomic E-state index is 0.0241. The summed E-state index contributed by atoms with van der Waals surface area (Å²) in [6, 6.07) is 83.9. The molecule has 16 rings (SSSR count). The monoisotopic (exact) mass is 1210 g/mol. The van der Waals surface area contributed by atoms with Crippen LogP contribution >= 0.6 is 0 Å². The van der Waals surface area contributed by atoms with Gasteiger partial charge >= 0.3 is 0 Å². The van der Waals surface area contributed by atoms with E-state index in [1.165, 1.54) is 12.1 Å². The van der Waals surface area contributed by atoms with E-state index in [0.29, 0.717) is 22.1 Å². The van der Waals surface area contributed by atoms with Gasteiger partial charge < -0.3 is 9.13 Å². The van der Waals surface area contributed by atoms with E-state index in [2.05, 4.69) is 30.3 Å². The Balaban J connectivity index is 1.01.